The fourth-order valence-electron chi connectivity index (χ4n) is 2.30. The van der Waals surface area contributed by atoms with E-state index in [1.165, 1.54) is 30.6 Å². The first-order valence-corrected chi connectivity index (χ1v) is 8.72. The summed E-state index contributed by atoms with van der Waals surface area (Å²) in [5.41, 5.74) is 2.24. The van der Waals surface area contributed by atoms with Crippen molar-refractivity contribution < 1.29 is 18.7 Å². The van der Waals surface area contributed by atoms with Crippen LogP contribution in [0.1, 0.15) is 5.56 Å². The number of nitrogens with zero attached hydrogens (tertiary/aromatic N) is 1. The van der Waals surface area contributed by atoms with Crippen molar-refractivity contribution in [3.63, 3.8) is 0 Å². The molecule has 1 amide bonds. The van der Waals surface area contributed by atoms with Crippen LogP contribution in [-0.4, -0.2) is 24.6 Å². The SMILES string of the molecule is COc1ccc(-c2csc(NC(=O)COc3cccc(C)c3)n2)cc1F. The summed E-state index contributed by atoms with van der Waals surface area (Å²) in [7, 11) is 1.41. The largest absolute Gasteiger partial charge is 0.494 e. The van der Waals surface area contributed by atoms with Crippen molar-refractivity contribution in [1.29, 1.82) is 0 Å². The van der Waals surface area contributed by atoms with Crippen molar-refractivity contribution in [2.75, 3.05) is 19.0 Å². The average Bonchev–Trinajstić information content (AvgIpc) is 3.08. The van der Waals surface area contributed by atoms with Crippen molar-refractivity contribution in [1.82, 2.24) is 4.98 Å². The van der Waals surface area contributed by atoms with Gasteiger partial charge < -0.3 is 9.47 Å². The van der Waals surface area contributed by atoms with Crippen molar-refractivity contribution in [2.45, 2.75) is 6.92 Å². The first-order chi connectivity index (χ1) is 12.5. The molecule has 0 unspecified atom stereocenters. The van der Waals surface area contributed by atoms with Crippen LogP contribution in [0.4, 0.5) is 9.52 Å². The maximum Gasteiger partial charge on any atom is 0.264 e. The molecule has 3 rings (SSSR count). The van der Waals surface area contributed by atoms with Crippen molar-refractivity contribution in [2.24, 2.45) is 0 Å². The number of nitrogens with one attached hydrogen (secondary N) is 1. The average molecular weight is 372 g/mol. The molecule has 1 heterocycles. The molecule has 26 heavy (non-hydrogen) atoms. The third-order valence-corrected chi connectivity index (χ3v) is 4.32. The molecular weight excluding hydrogens is 355 g/mol. The van der Waals surface area contributed by atoms with Crippen LogP contribution in [0, 0.1) is 12.7 Å². The molecule has 7 heteroatoms. The zero-order valence-electron chi connectivity index (χ0n) is 14.3. The number of thiazole rings is 1. The number of amides is 1. The highest BCUT2D eigenvalue weighted by Crippen LogP contribution is 2.28. The number of hydrogen-bond acceptors (Lipinski definition) is 5. The van der Waals surface area contributed by atoms with Crippen LogP contribution in [0.2, 0.25) is 0 Å². The number of aromatic nitrogens is 1. The number of carbonyl (C=O) groups is 1. The second kappa shape index (κ2) is 7.97. The minimum atomic E-state index is -0.463. The molecule has 0 radical (unpaired) electrons. The van der Waals surface area contributed by atoms with E-state index in [0.29, 0.717) is 22.1 Å². The van der Waals surface area contributed by atoms with Gasteiger partial charge in [-0.25, -0.2) is 9.37 Å². The predicted molar refractivity (Wildman–Crippen MR) is 99.4 cm³/mol. The summed E-state index contributed by atoms with van der Waals surface area (Å²) in [6.07, 6.45) is 0. The highest BCUT2D eigenvalue weighted by atomic mass is 32.1. The van der Waals surface area contributed by atoms with Gasteiger partial charge in [-0.05, 0) is 42.8 Å². The lowest BCUT2D eigenvalue weighted by Crippen LogP contribution is -2.20. The molecule has 0 bridgehead atoms. The monoisotopic (exact) mass is 372 g/mol. The third-order valence-electron chi connectivity index (χ3n) is 3.56. The molecule has 0 aliphatic heterocycles. The summed E-state index contributed by atoms with van der Waals surface area (Å²) in [4.78, 5) is 16.3. The van der Waals surface area contributed by atoms with Gasteiger partial charge in [-0.15, -0.1) is 11.3 Å². The summed E-state index contributed by atoms with van der Waals surface area (Å²) in [5, 5.41) is 4.85. The van der Waals surface area contributed by atoms with Gasteiger partial charge in [0, 0.05) is 10.9 Å². The Hall–Kier alpha value is -2.93. The van der Waals surface area contributed by atoms with Crippen LogP contribution in [0.3, 0.4) is 0 Å². The lowest BCUT2D eigenvalue weighted by molar-refractivity contribution is -0.118. The summed E-state index contributed by atoms with van der Waals surface area (Å²) in [6.45, 7) is 1.83. The molecule has 0 saturated heterocycles. The van der Waals surface area contributed by atoms with Crippen LogP contribution >= 0.6 is 11.3 Å². The van der Waals surface area contributed by atoms with Crippen molar-refractivity contribution >= 4 is 22.4 Å². The van der Waals surface area contributed by atoms with Crippen LogP contribution in [-0.2, 0) is 4.79 Å². The minimum Gasteiger partial charge on any atom is -0.494 e. The highest BCUT2D eigenvalue weighted by molar-refractivity contribution is 7.14. The Kier molecular flexibility index (Phi) is 5.48. The third kappa shape index (κ3) is 4.37. The van der Waals surface area contributed by atoms with E-state index in [4.69, 9.17) is 9.47 Å². The molecule has 1 N–H and O–H groups in total. The van der Waals surface area contributed by atoms with E-state index in [9.17, 15) is 9.18 Å². The van der Waals surface area contributed by atoms with E-state index in [2.05, 4.69) is 10.3 Å². The van der Waals surface area contributed by atoms with Gasteiger partial charge in [0.2, 0.25) is 0 Å². The number of benzene rings is 2. The zero-order chi connectivity index (χ0) is 18.5. The number of methoxy groups -OCH3 is 1. The molecule has 0 spiro atoms. The maximum atomic E-state index is 13.8. The topological polar surface area (TPSA) is 60.5 Å². The van der Waals surface area contributed by atoms with Crippen LogP contribution in [0.5, 0.6) is 11.5 Å². The standard InChI is InChI=1S/C19H17FN2O3S/c1-12-4-3-5-14(8-12)25-10-18(23)22-19-21-16(11-26-19)13-6-7-17(24-2)15(20)9-13/h3-9,11H,10H2,1-2H3,(H,21,22,23). The smallest absolute Gasteiger partial charge is 0.264 e. The van der Waals surface area contributed by atoms with Crippen LogP contribution in [0.25, 0.3) is 11.3 Å². The number of anilines is 1. The number of ether oxygens (including phenoxy) is 2. The molecular formula is C19H17FN2O3S. The number of rotatable bonds is 6. The fraction of sp³-hybridized carbons (Fsp3) is 0.158. The Bertz CT molecular complexity index is 927. The van der Waals surface area contributed by atoms with Gasteiger partial charge in [0.25, 0.3) is 5.91 Å². The molecule has 1 aromatic heterocycles. The van der Waals surface area contributed by atoms with Gasteiger partial charge in [-0.3, -0.25) is 10.1 Å². The predicted octanol–water partition coefficient (Wildman–Crippen LogP) is 4.28. The van der Waals surface area contributed by atoms with E-state index in [-0.39, 0.29) is 18.3 Å². The van der Waals surface area contributed by atoms with E-state index in [1.807, 2.05) is 25.1 Å². The number of hydrogen-bond donors (Lipinski definition) is 1. The minimum absolute atomic E-state index is 0.116. The molecule has 0 saturated carbocycles. The van der Waals surface area contributed by atoms with Gasteiger partial charge in [-0.1, -0.05) is 12.1 Å². The van der Waals surface area contributed by atoms with E-state index in [0.717, 1.165) is 5.56 Å². The van der Waals surface area contributed by atoms with Crippen LogP contribution < -0.4 is 14.8 Å². The first-order valence-electron chi connectivity index (χ1n) is 7.84. The normalized spacial score (nSPS) is 10.4. The molecule has 0 aliphatic rings. The van der Waals surface area contributed by atoms with E-state index >= 15 is 0 Å². The van der Waals surface area contributed by atoms with Gasteiger partial charge in [0.05, 0.1) is 12.8 Å². The second-order valence-electron chi connectivity index (χ2n) is 5.54. The Morgan fingerprint density at radius 3 is 2.85 bits per heavy atom. The molecule has 2 aromatic carbocycles. The lowest BCUT2D eigenvalue weighted by atomic mass is 10.1. The Labute approximate surface area is 154 Å². The first kappa shape index (κ1) is 17.9. The number of halogens is 1. The fourth-order valence-corrected chi connectivity index (χ4v) is 3.03. The van der Waals surface area contributed by atoms with Gasteiger partial charge in [0.15, 0.2) is 23.3 Å². The van der Waals surface area contributed by atoms with Gasteiger partial charge in [0.1, 0.15) is 5.75 Å². The van der Waals surface area contributed by atoms with Gasteiger partial charge in [-0.2, -0.15) is 0 Å². The number of aryl methyl sites for hydroxylation is 1. The molecule has 134 valence electrons. The lowest BCUT2D eigenvalue weighted by Gasteiger charge is -2.06. The summed E-state index contributed by atoms with van der Waals surface area (Å²) < 4.78 is 24.2. The summed E-state index contributed by atoms with van der Waals surface area (Å²) in [6, 6.07) is 12.1. The Morgan fingerprint density at radius 2 is 2.12 bits per heavy atom. The Balaban J connectivity index is 1.61. The quantitative estimate of drug-likeness (QED) is 0.701. The highest BCUT2D eigenvalue weighted by Gasteiger charge is 2.11. The van der Waals surface area contributed by atoms with Gasteiger partial charge >= 0.3 is 0 Å². The summed E-state index contributed by atoms with van der Waals surface area (Å²) in [5.74, 6) is 0.0305. The number of carbonyl (C=O) groups excluding carboxylic acids is 1. The van der Waals surface area contributed by atoms with E-state index < -0.39 is 5.82 Å². The molecule has 0 aliphatic carbocycles. The van der Waals surface area contributed by atoms with Crippen molar-refractivity contribution in [3.05, 3.63) is 59.2 Å². The molecule has 3 aromatic rings. The maximum absolute atomic E-state index is 13.8. The Morgan fingerprint density at radius 1 is 1.27 bits per heavy atom. The molecule has 0 atom stereocenters. The molecule has 0 fully saturated rings. The molecule has 5 nitrogen and oxygen atoms in total. The second-order valence-corrected chi connectivity index (χ2v) is 6.40. The van der Waals surface area contributed by atoms with E-state index in [1.54, 1.807) is 17.5 Å². The van der Waals surface area contributed by atoms with Crippen molar-refractivity contribution in [3.8, 4) is 22.8 Å². The summed E-state index contributed by atoms with van der Waals surface area (Å²) >= 11 is 1.26. The van der Waals surface area contributed by atoms with Crippen LogP contribution in [0.15, 0.2) is 47.8 Å². The zero-order valence-corrected chi connectivity index (χ0v) is 15.1.